The number of carbonyl (C=O) groups is 1. The van der Waals surface area contributed by atoms with Crippen LogP contribution in [0.3, 0.4) is 0 Å². The third kappa shape index (κ3) is 5.00. The Morgan fingerprint density at radius 1 is 1.37 bits per heavy atom. The van der Waals surface area contributed by atoms with Gasteiger partial charge in [0.2, 0.25) is 5.91 Å². The van der Waals surface area contributed by atoms with Crippen molar-refractivity contribution < 1.29 is 13.2 Å². The fraction of sp³-hybridized carbons (Fsp3) is 0.462. The van der Waals surface area contributed by atoms with Gasteiger partial charge in [0.25, 0.3) is 0 Å². The number of nitrogens with two attached hydrogens (primary N) is 1. The van der Waals surface area contributed by atoms with E-state index in [1.807, 2.05) is 6.92 Å². The summed E-state index contributed by atoms with van der Waals surface area (Å²) in [7, 11) is -3.35. The van der Waals surface area contributed by atoms with Crippen molar-refractivity contribution in [1.29, 1.82) is 0 Å². The number of rotatable bonds is 6. The van der Waals surface area contributed by atoms with Gasteiger partial charge in [0, 0.05) is 12.7 Å². The van der Waals surface area contributed by atoms with Crippen LogP contribution in [0.15, 0.2) is 29.2 Å². The fourth-order valence-corrected chi connectivity index (χ4v) is 2.45. The first-order chi connectivity index (χ1) is 8.84. The van der Waals surface area contributed by atoms with E-state index in [-0.39, 0.29) is 16.7 Å². The number of nitrogens with one attached hydrogen (secondary N) is 1. The van der Waals surface area contributed by atoms with Crippen LogP contribution >= 0.6 is 0 Å². The first kappa shape index (κ1) is 15.7. The Morgan fingerprint density at radius 3 is 2.58 bits per heavy atom. The summed E-state index contributed by atoms with van der Waals surface area (Å²) in [4.78, 5) is 11.9. The molecule has 1 atom stereocenters. The number of sulfone groups is 1. The first-order valence-corrected chi connectivity index (χ1v) is 8.02. The maximum Gasteiger partial charge on any atom is 0.224 e. The molecule has 0 spiro atoms. The maximum absolute atomic E-state index is 11.8. The Balaban J connectivity index is 2.75. The van der Waals surface area contributed by atoms with E-state index in [1.165, 1.54) is 6.07 Å². The molecule has 3 N–H and O–H groups in total. The predicted octanol–water partition coefficient (Wildman–Crippen LogP) is 1.40. The molecule has 0 saturated carbocycles. The number of hydrogen-bond acceptors (Lipinski definition) is 4. The first-order valence-electron chi connectivity index (χ1n) is 6.13. The summed E-state index contributed by atoms with van der Waals surface area (Å²) >= 11 is 0. The van der Waals surface area contributed by atoms with E-state index >= 15 is 0 Å². The van der Waals surface area contributed by atoms with E-state index in [2.05, 4.69) is 5.32 Å². The Labute approximate surface area is 114 Å². The molecular weight excluding hydrogens is 264 g/mol. The molecule has 19 heavy (non-hydrogen) atoms. The Morgan fingerprint density at radius 2 is 2.00 bits per heavy atom. The Hall–Kier alpha value is -1.40. The van der Waals surface area contributed by atoms with Crippen molar-refractivity contribution >= 4 is 21.4 Å². The van der Waals surface area contributed by atoms with Gasteiger partial charge in [-0.05, 0) is 31.0 Å². The number of anilines is 1. The fourth-order valence-electron chi connectivity index (χ4n) is 1.60. The highest BCUT2D eigenvalue weighted by atomic mass is 32.2. The summed E-state index contributed by atoms with van der Waals surface area (Å²) in [5.74, 6) is 0.0762. The summed E-state index contributed by atoms with van der Waals surface area (Å²) in [6.45, 7) is 2.50. The second-order valence-corrected chi connectivity index (χ2v) is 6.68. The summed E-state index contributed by atoms with van der Waals surface area (Å²) in [6, 6.07) is 6.38. The Bertz CT molecular complexity index is 541. The van der Waals surface area contributed by atoms with Gasteiger partial charge in [0.05, 0.1) is 10.6 Å². The monoisotopic (exact) mass is 284 g/mol. The molecule has 5 nitrogen and oxygen atoms in total. The van der Waals surface area contributed by atoms with Gasteiger partial charge in [-0.3, -0.25) is 4.79 Å². The van der Waals surface area contributed by atoms with Gasteiger partial charge in [-0.15, -0.1) is 0 Å². The molecule has 0 radical (unpaired) electrons. The number of amides is 1. The van der Waals surface area contributed by atoms with Crippen LogP contribution in [-0.4, -0.2) is 27.1 Å². The number of para-hydroxylation sites is 1. The van der Waals surface area contributed by atoms with Gasteiger partial charge in [-0.25, -0.2) is 8.42 Å². The summed E-state index contributed by atoms with van der Waals surface area (Å²) in [5.41, 5.74) is 5.81. The largest absolute Gasteiger partial charge is 0.330 e. The molecule has 0 aliphatic rings. The van der Waals surface area contributed by atoms with E-state index in [4.69, 9.17) is 5.73 Å². The third-order valence-corrected chi connectivity index (χ3v) is 3.98. The van der Waals surface area contributed by atoms with Crippen LogP contribution in [0.5, 0.6) is 0 Å². The minimum Gasteiger partial charge on any atom is -0.330 e. The lowest BCUT2D eigenvalue weighted by atomic mass is 10.1. The number of hydrogen-bond donors (Lipinski definition) is 2. The minimum atomic E-state index is -3.35. The minimum absolute atomic E-state index is 0.134. The molecule has 1 unspecified atom stereocenters. The maximum atomic E-state index is 11.8. The molecule has 0 fully saturated rings. The zero-order valence-electron chi connectivity index (χ0n) is 11.2. The van der Waals surface area contributed by atoms with Gasteiger partial charge in [-0.1, -0.05) is 19.1 Å². The number of carbonyl (C=O) groups excluding carboxylic acids is 1. The van der Waals surface area contributed by atoms with Crippen LogP contribution in [-0.2, 0) is 14.6 Å². The molecule has 106 valence electrons. The molecule has 0 saturated heterocycles. The van der Waals surface area contributed by atoms with Crippen molar-refractivity contribution in [2.24, 2.45) is 11.7 Å². The summed E-state index contributed by atoms with van der Waals surface area (Å²) < 4.78 is 23.2. The van der Waals surface area contributed by atoms with E-state index in [1.54, 1.807) is 18.2 Å². The van der Waals surface area contributed by atoms with E-state index in [0.717, 1.165) is 6.26 Å². The predicted molar refractivity (Wildman–Crippen MR) is 75.6 cm³/mol. The van der Waals surface area contributed by atoms with Crippen LogP contribution in [0.4, 0.5) is 5.69 Å². The molecular formula is C13H20N2O3S. The normalized spacial score (nSPS) is 13.0. The van der Waals surface area contributed by atoms with E-state index in [9.17, 15) is 13.2 Å². The topological polar surface area (TPSA) is 89.3 Å². The highest BCUT2D eigenvalue weighted by Gasteiger charge is 2.14. The van der Waals surface area contributed by atoms with Crippen LogP contribution in [0.2, 0.25) is 0 Å². The van der Waals surface area contributed by atoms with Crippen molar-refractivity contribution in [2.75, 3.05) is 18.1 Å². The zero-order valence-corrected chi connectivity index (χ0v) is 12.0. The zero-order chi connectivity index (χ0) is 14.5. The van der Waals surface area contributed by atoms with Crippen molar-refractivity contribution in [3.63, 3.8) is 0 Å². The van der Waals surface area contributed by atoms with Crippen LogP contribution in [0.25, 0.3) is 0 Å². The molecule has 0 aliphatic carbocycles. The molecule has 1 amide bonds. The average molecular weight is 284 g/mol. The van der Waals surface area contributed by atoms with Crippen LogP contribution in [0, 0.1) is 5.92 Å². The quantitative estimate of drug-likeness (QED) is 0.826. The Kier molecular flexibility index (Phi) is 5.50. The standard InChI is InChI=1S/C13H20N2O3S/c1-10(9-14)7-8-13(16)15-11-5-3-4-6-12(11)19(2,17)18/h3-6,10H,7-9,14H2,1-2H3,(H,15,16). The summed E-state index contributed by atoms with van der Waals surface area (Å²) in [6.07, 6.45) is 2.13. The van der Waals surface area contributed by atoms with Crippen LogP contribution < -0.4 is 11.1 Å². The second-order valence-electron chi connectivity index (χ2n) is 4.70. The lowest BCUT2D eigenvalue weighted by Crippen LogP contribution is -2.17. The van der Waals surface area contributed by atoms with Crippen molar-refractivity contribution in [3.05, 3.63) is 24.3 Å². The van der Waals surface area contributed by atoms with Gasteiger partial charge in [0.15, 0.2) is 9.84 Å². The second kappa shape index (κ2) is 6.68. The molecule has 6 heteroatoms. The smallest absolute Gasteiger partial charge is 0.224 e. The van der Waals surface area contributed by atoms with Gasteiger partial charge in [0.1, 0.15) is 0 Å². The molecule has 0 bridgehead atoms. The van der Waals surface area contributed by atoms with Gasteiger partial charge >= 0.3 is 0 Å². The summed E-state index contributed by atoms with van der Waals surface area (Å²) in [5, 5.41) is 2.64. The SMILES string of the molecule is CC(CN)CCC(=O)Nc1ccccc1S(C)(=O)=O. The molecule has 0 aliphatic heterocycles. The van der Waals surface area contributed by atoms with Gasteiger partial charge < -0.3 is 11.1 Å². The average Bonchev–Trinajstić information content (AvgIpc) is 2.35. The van der Waals surface area contributed by atoms with E-state index in [0.29, 0.717) is 25.1 Å². The molecule has 1 aromatic rings. The van der Waals surface area contributed by atoms with Crippen molar-refractivity contribution in [1.82, 2.24) is 0 Å². The molecule has 1 aromatic carbocycles. The highest BCUT2D eigenvalue weighted by molar-refractivity contribution is 7.90. The highest BCUT2D eigenvalue weighted by Crippen LogP contribution is 2.21. The lowest BCUT2D eigenvalue weighted by Gasteiger charge is -2.11. The molecule has 0 aromatic heterocycles. The molecule has 0 heterocycles. The van der Waals surface area contributed by atoms with Gasteiger partial charge in [-0.2, -0.15) is 0 Å². The van der Waals surface area contributed by atoms with Crippen molar-refractivity contribution in [2.45, 2.75) is 24.7 Å². The molecule has 1 rings (SSSR count). The number of benzene rings is 1. The lowest BCUT2D eigenvalue weighted by molar-refractivity contribution is -0.116. The van der Waals surface area contributed by atoms with E-state index < -0.39 is 9.84 Å². The van der Waals surface area contributed by atoms with Crippen LogP contribution in [0.1, 0.15) is 19.8 Å². The van der Waals surface area contributed by atoms with Crippen molar-refractivity contribution in [3.8, 4) is 0 Å². The third-order valence-electron chi connectivity index (χ3n) is 2.83.